The van der Waals surface area contributed by atoms with Crippen LogP contribution in [0.3, 0.4) is 0 Å². The number of hydrogen-bond donors (Lipinski definition) is 1. The standard InChI is InChI=1S/C21H17F3N2O4/c1-29-18(28)12-7-8-15(22)13(9-12)21(19(23)24)14-10-16(14)30-20(26-21)25-17(27)11-5-3-2-4-6-11/h2-9,14,16,19H,10H2,1H3,(H,25,26,27)/t14-,16+,21+/m1/s1. The number of carbonyl (C=O) groups is 2. The Kier molecular flexibility index (Phi) is 4.97. The number of hydrogen-bond acceptors (Lipinski definition) is 5. The molecule has 30 heavy (non-hydrogen) atoms. The predicted octanol–water partition coefficient (Wildman–Crippen LogP) is 3.28. The number of esters is 1. The van der Waals surface area contributed by atoms with Gasteiger partial charge in [0.15, 0.2) is 5.54 Å². The quantitative estimate of drug-likeness (QED) is 0.774. The van der Waals surface area contributed by atoms with Gasteiger partial charge >= 0.3 is 5.97 Å². The summed E-state index contributed by atoms with van der Waals surface area (Å²) in [5.74, 6) is -3.12. The van der Waals surface area contributed by atoms with E-state index in [1.165, 1.54) is 0 Å². The van der Waals surface area contributed by atoms with E-state index >= 15 is 0 Å². The summed E-state index contributed by atoms with van der Waals surface area (Å²) in [5.41, 5.74) is -2.54. The van der Waals surface area contributed by atoms with E-state index in [4.69, 9.17) is 4.74 Å². The summed E-state index contributed by atoms with van der Waals surface area (Å²) in [6, 6.07) is 10.8. The summed E-state index contributed by atoms with van der Waals surface area (Å²) in [4.78, 5) is 28.2. The van der Waals surface area contributed by atoms with Crippen LogP contribution in [0.2, 0.25) is 0 Å². The Hall–Kier alpha value is -3.36. The van der Waals surface area contributed by atoms with Gasteiger partial charge in [0.1, 0.15) is 11.9 Å². The van der Waals surface area contributed by atoms with Crippen molar-refractivity contribution in [2.75, 3.05) is 7.11 Å². The van der Waals surface area contributed by atoms with Crippen molar-refractivity contribution >= 4 is 17.9 Å². The average Bonchev–Trinajstić information content (AvgIpc) is 3.53. The van der Waals surface area contributed by atoms with Gasteiger partial charge in [0, 0.05) is 17.0 Å². The lowest BCUT2D eigenvalue weighted by Gasteiger charge is -2.34. The second kappa shape index (κ2) is 7.47. The lowest BCUT2D eigenvalue weighted by atomic mass is 9.84. The van der Waals surface area contributed by atoms with Crippen LogP contribution in [0.15, 0.2) is 53.5 Å². The summed E-state index contributed by atoms with van der Waals surface area (Å²) in [6.45, 7) is 0. The largest absolute Gasteiger partial charge is 0.465 e. The van der Waals surface area contributed by atoms with Crippen molar-refractivity contribution in [1.29, 1.82) is 0 Å². The Morgan fingerprint density at radius 3 is 2.60 bits per heavy atom. The fraction of sp³-hybridized carbons (Fsp3) is 0.286. The molecule has 4 rings (SSSR count). The number of nitrogens with zero attached hydrogens (tertiary/aromatic N) is 1. The molecule has 0 aromatic heterocycles. The lowest BCUT2D eigenvalue weighted by Crippen LogP contribution is -2.46. The summed E-state index contributed by atoms with van der Waals surface area (Å²) in [7, 11) is 1.13. The number of halogens is 3. The van der Waals surface area contributed by atoms with Crippen LogP contribution in [0.5, 0.6) is 0 Å². The van der Waals surface area contributed by atoms with Crippen LogP contribution in [0, 0.1) is 11.7 Å². The molecule has 6 nitrogen and oxygen atoms in total. The number of ether oxygens (including phenoxy) is 2. The number of carbonyl (C=O) groups excluding carboxylic acids is 2. The summed E-state index contributed by atoms with van der Waals surface area (Å²) in [5, 5.41) is 2.38. The topological polar surface area (TPSA) is 77.0 Å². The van der Waals surface area contributed by atoms with Crippen molar-refractivity contribution in [1.82, 2.24) is 5.32 Å². The third kappa shape index (κ3) is 3.30. The average molecular weight is 418 g/mol. The molecule has 0 spiro atoms. The van der Waals surface area contributed by atoms with E-state index in [1.807, 2.05) is 0 Å². The molecule has 9 heteroatoms. The van der Waals surface area contributed by atoms with E-state index in [1.54, 1.807) is 30.3 Å². The Bertz CT molecular complexity index is 1030. The molecule has 1 amide bonds. The third-order valence-corrected chi connectivity index (χ3v) is 5.25. The maximum Gasteiger partial charge on any atom is 0.337 e. The first kappa shape index (κ1) is 19.9. The molecule has 0 unspecified atom stereocenters. The van der Waals surface area contributed by atoms with Crippen LogP contribution in [0.4, 0.5) is 13.2 Å². The minimum Gasteiger partial charge on any atom is -0.465 e. The normalized spacial score (nSPS) is 24.4. The summed E-state index contributed by atoms with van der Waals surface area (Å²) in [6.07, 6.45) is -3.55. The molecule has 1 aliphatic heterocycles. The van der Waals surface area contributed by atoms with Crippen LogP contribution in [0.25, 0.3) is 0 Å². The zero-order chi connectivity index (χ0) is 21.5. The number of amidine groups is 1. The van der Waals surface area contributed by atoms with Gasteiger partial charge in [-0.3, -0.25) is 10.1 Å². The van der Waals surface area contributed by atoms with Gasteiger partial charge in [-0.25, -0.2) is 23.0 Å². The number of benzene rings is 2. The van der Waals surface area contributed by atoms with Crippen LogP contribution in [0.1, 0.15) is 32.7 Å². The molecule has 1 saturated carbocycles. The van der Waals surface area contributed by atoms with Gasteiger partial charge in [-0.2, -0.15) is 0 Å². The van der Waals surface area contributed by atoms with Gasteiger partial charge in [0.2, 0.25) is 0 Å². The fourth-order valence-electron chi connectivity index (χ4n) is 3.67. The Balaban J connectivity index is 1.76. The molecule has 0 bridgehead atoms. The number of aliphatic imine (C=N–C) groups is 1. The number of rotatable bonds is 4. The molecule has 2 aromatic rings. The van der Waals surface area contributed by atoms with Crippen molar-refractivity contribution in [3.05, 3.63) is 71.0 Å². The summed E-state index contributed by atoms with van der Waals surface area (Å²) < 4.78 is 53.6. The molecule has 0 saturated heterocycles. The molecular formula is C21H17F3N2O4. The van der Waals surface area contributed by atoms with Gasteiger partial charge in [-0.05, 0) is 36.8 Å². The number of amides is 1. The minimum absolute atomic E-state index is 0.0808. The van der Waals surface area contributed by atoms with E-state index in [9.17, 15) is 22.8 Å². The molecule has 2 aliphatic rings. The van der Waals surface area contributed by atoms with Crippen LogP contribution < -0.4 is 5.32 Å². The van der Waals surface area contributed by atoms with Gasteiger partial charge in [-0.15, -0.1) is 0 Å². The molecule has 1 heterocycles. The second-order valence-electron chi connectivity index (χ2n) is 7.05. The first-order valence-electron chi connectivity index (χ1n) is 9.16. The highest BCUT2D eigenvalue weighted by Gasteiger charge is 2.64. The van der Waals surface area contributed by atoms with Crippen LogP contribution in [-0.4, -0.2) is 37.5 Å². The van der Waals surface area contributed by atoms with Gasteiger partial charge in [0.05, 0.1) is 12.7 Å². The van der Waals surface area contributed by atoms with Crippen molar-refractivity contribution in [3.63, 3.8) is 0 Å². The van der Waals surface area contributed by atoms with Gasteiger partial charge < -0.3 is 9.47 Å². The highest BCUT2D eigenvalue weighted by atomic mass is 19.3. The molecule has 3 atom stereocenters. The maximum atomic E-state index is 14.7. The first-order valence-corrected chi connectivity index (χ1v) is 9.16. The zero-order valence-electron chi connectivity index (χ0n) is 15.8. The van der Waals surface area contributed by atoms with Crippen molar-refractivity contribution in [2.24, 2.45) is 10.9 Å². The molecule has 2 aromatic carbocycles. The Morgan fingerprint density at radius 2 is 1.93 bits per heavy atom. The zero-order valence-corrected chi connectivity index (χ0v) is 15.8. The predicted molar refractivity (Wildman–Crippen MR) is 99.7 cm³/mol. The van der Waals surface area contributed by atoms with E-state index < -0.39 is 53.3 Å². The van der Waals surface area contributed by atoms with E-state index in [-0.39, 0.29) is 17.5 Å². The number of methoxy groups -OCH3 is 1. The van der Waals surface area contributed by atoms with Crippen molar-refractivity contribution < 1.29 is 32.2 Å². The smallest absolute Gasteiger partial charge is 0.337 e. The van der Waals surface area contributed by atoms with Gasteiger partial charge in [-0.1, -0.05) is 18.2 Å². The molecule has 1 N–H and O–H groups in total. The molecule has 156 valence electrons. The maximum absolute atomic E-state index is 14.7. The number of nitrogens with one attached hydrogen (secondary N) is 1. The number of alkyl halides is 2. The van der Waals surface area contributed by atoms with E-state index in [2.05, 4.69) is 15.0 Å². The van der Waals surface area contributed by atoms with E-state index in [0.717, 1.165) is 25.3 Å². The monoisotopic (exact) mass is 418 g/mol. The third-order valence-electron chi connectivity index (χ3n) is 5.25. The fourth-order valence-corrected chi connectivity index (χ4v) is 3.67. The van der Waals surface area contributed by atoms with Crippen molar-refractivity contribution in [3.8, 4) is 0 Å². The SMILES string of the molecule is COC(=O)c1ccc(F)c([C@]2(C(F)F)N=C(NC(=O)c3ccccc3)O[C@H]3C[C@H]32)c1. The van der Waals surface area contributed by atoms with Crippen LogP contribution >= 0.6 is 0 Å². The molecule has 1 aliphatic carbocycles. The summed E-state index contributed by atoms with van der Waals surface area (Å²) >= 11 is 0. The Labute approximate surface area is 169 Å². The van der Waals surface area contributed by atoms with E-state index in [0.29, 0.717) is 0 Å². The van der Waals surface area contributed by atoms with Crippen molar-refractivity contribution in [2.45, 2.75) is 24.5 Å². The Morgan fingerprint density at radius 1 is 1.20 bits per heavy atom. The molecule has 1 fully saturated rings. The highest BCUT2D eigenvalue weighted by molar-refractivity contribution is 6.04. The number of fused-ring (bicyclic) bond motifs is 1. The minimum atomic E-state index is -3.11. The highest BCUT2D eigenvalue weighted by Crippen LogP contribution is 2.56. The van der Waals surface area contributed by atoms with Gasteiger partial charge in [0.25, 0.3) is 18.4 Å². The first-order chi connectivity index (χ1) is 14.4. The lowest BCUT2D eigenvalue weighted by molar-refractivity contribution is 0.0165. The second-order valence-corrected chi connectivity index (χ2v) is 7.05. The molecular weight excluding hydrogens is 401 g/mol. The molecule has 0 radical (unpaired) electrons. The van der Waals surface area contributed by atoms with Crippen LogP contribution in [-0.2, 0) is 15.0 Å².